The van der Waals surface area contributed by atoms with Crippen LogP contribution in [0.3, 0.4) is 0 Å². The van der Waals surface area contributed by atoms with E-state index in [1.807, 2.05) is 0 Å². The first-order chi connectivity index (χ1) is 10.1. The van der Waals surface area contributed by atoms with E-state index in [-0.39, 0.29) is 0 Å². The van der Waals surface area contributed by atoms with Gasteiger partial charge in [0.2, 0.25) is 0 Å². The van der Waals surface area contributed by atoms with E-state index in [2.05, 4.69) is 77.8 Å². The molecule has 2 unspecified atom stereocenters. The second kappa shape index (κ2) is 5.60. The summed E-state index contributed by atoms with van der Waals surface area (Å²) < 4.78 is 2.15. The van der Waals surface area contributed by atoms with E-state index in [0.717, 1.165) is 24.7 Å². The summed E-state index contributed by atoms with van der Waals surface area (Å²) in [6, 6.07) is 11.3. The Morgan fingerprint density at radius 3 is 2.48 bits per heavy atom. The molecule has 21 heavy (non-hydrogen) atoms. The van der Waals surface area contributed by atoms with Crippen molar-refractivity contribution in [1.82, 2.24) is 19.7 Å². The number of hydrogen-bond donors (Lipinski definition) is 0. The minimum absolute atomic E-state index is 0.413. The van der Waals surface area contributed by atoms with Gasteiger partial charge in [0.05, 0.1) is 6.54 Å². The zero-order valence-electron chi connectivity index (χ0n) is 13.3. The molecule has 0 saturated carbocycles. The maximum atomic E-state index is 4.38. The lowest BCUT2D eigenvalue weighted by Crippen LogP contribution is -2.48. The number of rotatable bonds is 4. The van der Waals surface area contributed by atoms with Gasteiger partial charge >= 0.3 is 0 Å². The largest absolute Gasteiger partial charge is 0.317 e. The first kappa shape index (κ1) is 14.3. The van der Waals surface area contributed by atoms with Crippen molar-refractivity contribution in [1.29, 1.82) is 0 Å². The predicted octanol–water partition coefficient (Wildman–Crippen LogP) is 3.13. The van der Waals surface area contributed by atoms with Gasteiger partial charge in [0, 0.05) is 25.6 Å². The molecule has 0 N–H and O–H groups in total. The molecule has 1 saturated heterocycles. The number of nitrogens with zero attached hydrogens (tertiary/aromatic N) is 4. The summed E-state index contributed by atoms with van der Waals surface area (Å²) in [6.07, 6.45) is 0. The molecule has 4 heteroatoms. The molecule has 1 aromatic carbocycles. The Morgan fingerprint density at radius 2 is 1.90 bits per heavy atom. The van der Waals surface area contributed by atoms with Gasteiger partial charge in [-0.25, -0.2) is 0 Å². The molecular weight excluding hydrogens is 260 g/mol. The van der Waals surface area contributed by atoms with E-state index < -0.39 is 0 Å². The average Bonchev–Trinajstić information content (AvgIpc) is 2.81. The fourth-order valence-corrected chi connectivity index (χ4v) is 3.36. The highest BCUT2D eigenvalue weighted by molar-refractivity contribution is 5.22. The fraction of sp³-hybridized carbons (Fsp3) is 0.529. The van der Waals surface area contributed by atoms with E-state index in [4.69, 9.17) is 0 Å². The summed E-state index contributed by atoms with van der Waals surface area (Å²) in [5.74, 6) is 3.24. The normalized spacial score (nSPS) is 22.5. The number of likely N-dealkylation sites (tertiary alicyclic amines) is 1. The van der Waals surface area contributed by atoms with Crippen LogP contribution in [-0.2, 0) is 13.6 Å². The molecule has 2 heterocycles. The van der Waals surface area contributed by atoms with Crippen LogP contribution in [0.25, 0.3) is 0 Å². The van der Waals surface area contributed by atoms with E-state index in [9.17, 15) is 0 Å². The smallest absolute Gasteiger partial charge is 0.146 e. The standard InChI is InChI=1S/C17H24N4/c1-12(2)17-19-18-15(20(17)4)11-21-10-13(3)16(21)14-8-6-5-7-9-14/h5-9,12-13,16H,10-11H2,1-4H3. The first-order valence-corrected chi connectivity index (χ1v) is 7.75. The maximum absolute atomic E-state index is 4.38. The highest BCUT2D eigenvalue weighted by Crippen LogP contribution is 2.39. The van der Waals surface area contributed by atoms with E-state index in [1.54, 1.807) is 0 Å². The average molecular weight is 284 g/mol. The summed E-state index contributed by atoms with van der Waals surface area (Å²) in [4.78, 5) is 2.49. The first-order valence-electron chi connectivity index (χ1n) is 7.75. The molecule has 0 amide bonds. The van der Waals surface area contributed by atoms with Gasteiger partial charge in [-0.2, -0.15) is 0 Å². The lowest BCUT2D eigenvalue weighted by atomic mass is 9.85. The Balaban J connectivity index is 1.77. The Hall–Kier alpha value is -1.68. The molecular formula is C17H24N4. The molecule has 1 aliphatic rings. The van der Waals surface area contributed by atoms with Gasteiger partial charge in [-0.3, -0.25) is 4.90 Å². The lowest BCUT2D eigenvalue weighted by molar-refractivity contribution is 0.0132. The Morgan fingerprint density at radius 1 is 1.19 bits per heavy atom. The Kier molecular flexibility index (Phi) is 3.81. The highest BCUT2D eigenvalue weighted by Gasteiger charge is 2.37. The van der Waals surface area contributed by atoms with Crippen LogP contribution in [0.5, 0.6) is 0 Å². The lowest BCUT2D eigenvalue weighted by Gasteiger charge is -2.46. The molecule has 3 rings (SSSR count). The number of aromatic nitrogens is 3. The van der Waals surface area contributed by atoms with Crippen LogP contribution in [0.15, 0.2) is 30.3 Å². The maximum Gasteiger partial charge on any atom is 0.146 e. The van der Waals surface area contributed by atoms with Gasteiger partial charge in [0.1, 0.15) is 11.6 Å². The van der Waals surface area contributed by atoms with Crippen molar-refractivity contribution in [3.8, 4) is 0 Å². The summed E-state index contributed by atoms with van der Waals surface area (Å²) >= 11 is 0. The molecule has 1 fully saturated rings. The van der Waals surface area contributed by atoms with Gasteiger partial charge in [0.25, 0.3) is 0 Å². The van der Waals surface area contributed by atoms with Crippen LogP contribution in [0.1, 0.15) is 49.9 Å². The third-order valence-corrected chi connectivity index (χ3v) is 4.46. The van der Waals surface area contributed by atoms with Crippen molar-refractivity contribution in [2.75, 3.05) is 6.54 Å². The Bertz CT molecular complexity index is 603. The zero-order valence-corrected chi connectivity index (χ0v) is 13.3. The molecule has 2 atom stereocenters. The van der Waals surface area contributed by atoms with Gasteiger partial charge in [0.15, 0.2) is 0 Å². The quantitative estimate of drug-likeness (QED) is 0.865. The zero-order chi connectivity index (χ0) is 15.0. The molecule has 4 nitrogen and oxygen atoms in total. The summed E-state index contributed by atoms with van der Waals surface area (Å²) in [6.45, 7) is 8.65. The second-order valence-electron chi connectivity index (χ2n) is 6.45. The van der Waals surface area contributed by atoms with E-state index in [0.29, 0.717) is 17.9 Å². The van der Waals surface area contributed by atoms with Crippen molar-refractivity contribution >= 4 is 0 Å². The van der Waals surface area contributed by atoms with Crippen molar-refractivity contribution in [3.05, 3.63) is 47.5 Å². The highest BCUT2D eigenvalue weighted by atomic mass is 15.3. The second-order valence-corrected chi connectivity index (χ2v) is 6.45. The van der Waals surface area contributed by atoms with E-state index >= 15 is 0 Å². The molecule has 1 aliphatic heterocycles. The molecule has 2 aromatic rings. The Labute approximate surface area is 126 Å². The van der Waals surface area contributed by atoms with Crippen molar-refractivity contribution in [3.63, 3.8) is 0 Å². The third kappa shape index (κ3) is 2.60. The molecule has 0 aliphatic carbocycles. The van der Waals surface area contributed by atoms with Crippen molar-refractivity contribution in [2.45, 2.75) is 39.3 Å². The van der Waals surface area contributed by atoms with Crippen LogP contribution < -0.4 is 0 Å². The van der Waals surface area contributed by atoms with Gasteiger partial charge in [-0.05, 0) is 11.5 Å². The summed E-state index contributed by atoms with van der Waals surface area (Å²) in [7, 11) is 2.07. The molecule has 0 spiro atoms. The van der Waals surface area contributed by atoms with Crippen LogP contribution in [-0.4, -0.2) is 26.2 Å². The topological polar surface area (TPSA) is 34.0 Å². The fourth-order valence-electron chi connectivity index (χ4n) is 3.36. The molecule has 0 bridgehead atoms. The minimum atomic E-state index is 0.413. The molecule has 1 aromatic heterocycles. The summed E-state index contributed by atoms with van der Waals surface area (Å²) in [5, 5.41) is 8.71. The molecule has 0 radical (unpaired) electrons. The predicted molar refractivity (Wildman–Crippen MR) is 83.8 cm³/mol. The van der Waals surface area contributed by atoms with E-state index in [1.165, 1.54) is 5.56 Å². The SMILES string of the molecule is CC(C)c1nnc(CN2CC(C)C2c2ccccc2)n1C. The van der Waals surface area contributed by atoms with Crippen molar-refractivity contribution in [2.24, 2.45) is 13.0 Å². The van der Waals surface area contributed by atoms with Crippen LogP contribution >= 0.6 is 0 Å². The van der Waals surface area contributed by atoms with Crippen molar-refractivity contribution < 1.29 is 0 Å². The summed E-state index contributed by atoms with van der Waals surface area (Å²) in [5.41, 5.74) is 1.41. The number of benzene rings is 1. The van der Waals surface area contributed by atoms with Gasteiger partial charge in [-0.1, -0.05) is 51.1 Å². The minimum Gasteiger partial charge on any atom is -0.317 e. The van der Waals surface area contributed by atoms with Crippen LogP contribution in [0.2, 0.25) is 0 Å². The van der Waals surface area contributed by atoms with Gasteiger partial charge < -0.3 is 4.57 Å². The van der Waals surface area contributed by atoms with Crippen LogP contribution in [0.4, 0.5) is 0 Å². The number of hydrogen-bond acceptors (Lipinski definition) is 3. The third-order valence-electron chi connectivity index (χ3n) is 4.46. The monoisotopic (exact) mass is 284 g/mol. The van der Waals surface area contributed by atoms with Crippen LogP contribution in [0, 0.1) is 5.92 Å². The molecule has 112 valence electrons. The van der Waals surface area contributed by atoms with Gasteiger partial charge in [-0.15, -0.1) is 10.2 Å².